The van der Waals surface area contributed by atoms with Crippen molar-refractivity contribution in [2.45, 2.75) is 25.8 Å². The molecule has 0 fully saturated rings. The molecule has 0 bridgehead atoms. The number of nitrogens with two attached hydrogens (primary N) is 1. The molecule has 2 aromatic carbocycles. The predicted octanol–water partition coefficient (Wildman–Crippen LogP) is 3.55. The fraction of sp³-hybridized carbons (Fsp3) is 0.294. The third-order valence-electron chi connectivity index (χ3n) is 3.32. The van der Waals surface area contributed by atoms with E-state index >= 15 is 0 Å². The molecule has 0 radical (unpaired) electrons. The number of hydrogen-bond donors (Lipinski definition) is 2. The molecule has 0 aliphatic carbocycles. The van der Waals surface area contributed by atoms with Crippen molar-refractivity contribution < 1.29 is 0 Å². The van der Waals surface area contributed by atoms with Gasteiger partial charge < -0.3 is 11.1 Å². The molecule has 0 aliphatic heterocycles. The molecule has 19 heavy (non-hydrogen) atoms. The van der Waals surface area contributed by atoms with E-state index in [9.17, 15) is 0 Å². The lowest BCUT2D eigenvalue weighted by Crippen LogP contribution is -2.24. The number of anilines is 1. The molecule has 0 aromatic heterocycles. The fourth-order valence-corrected chi connectivity index (χ4v) is 2.25. The minimum atomic E-state index is 0.325. The van der Waals surface area contributed by atoms with E-state index in [4.69, 9.17) is 5.73 Å². The van der Waals surface area contributed by atoms with Crippen LogP contribution in [0.25, 0.3) is 0 Å². The predicted molar refractivity (Wildman–Crippen MR) is 82.0 cm³/mol. The summed E-state index contributed by atoms with van der Waals surface area (Å²) in [5, 5.41) is 3.61. The van der Waals surface area contributed by atoms with Crippen molar-refractivity contribution in [1.82, 2.24) is 5.32 Å². The Kier molecular flexibility index (Phi) is 4.99. The number of rotatable bonds is 6. The summed E-state index contributed by atoms with van der Waals surface area (Å²) < 4.78 is 0. The first-order chi connectivity index (χ1) is 9.31. The first-order valence-electron chi connectivity index (χ1n) is 6.93. The Morgan fingerprint density at radius 3 is 2.37 bits per heavy atom. The molecule has 100 valence electrons. The van der Waals surface area contributed by atoms with Crippen LogP contribution in [0.15, 0.2) is 54.6 Å². The van der Waals surface area contributed by atoms with Gasteiger partial charge >= 0.3 is 0 Å². The summed E-state index contributed by atoms with van der Waals surface area (Å²) in [5.41, 5.74) is 9.45. The standard InChI is InChI=1S/C17H22N2/c1-2-12-19-17(14-8-4-3-5-9-14)13-15-10-6-7-11-16(15)18/h3-11,17,19H,2,12-13,18H2,1H3. The highest BCUT2D eigenvalue weighted by Gasteiger charge is 2.12. The van der Waals surface area contributed by atoms with Crippen LogP contribution in [0.4, 0.5) is 5.69 Å². The zero-order chi connectivity index (χ0) is 13.5. The Morgan fingerprint density at radius 1 is 1.00 bits per heavy atom. The number of para-hydroxylation sites is 1. The van der Waals surface area contributed by atoms with Crippen molar-refractivity contribution in [3.63, 3.8) is 0 Å². The molecule has 3 N–H and O–H groups in total. The van der Waals surface area contributed by atoms with E-state index in [1.807, 2.05) is 18.2 Å². The molecule has 2 heteroatoms. The molecular weight excluding hydrogens is 232 g/mol. The van der Waals surface area contributed by atoms with E-state index in [0.717, 1.165) is 25.1 Å². The highest BCUT2D eigenvalue weighted by atomic mass is 14.9. The average molecular weight is 254 g/mol. The van der Waals surface area contributed by atoms with Crippen molar-refractivity contribution in [3.05, 3.63) is 65.7 Å². The average Bonchev–Trinajstić information content (AvgIpc) is 2.46. The van der Waals surface area contributed by atoms with Crippen LogP contribution in [0.2, 0.25) is 0 Å². The quantitative estimate of drug-likeness (QED) is 0.774. The van der Waals surface area contributed by atoms with Crippen molar-refractivity contribution in [2.24, 2.45) is 0 Å². The maximum absolute atomic E-state index is 6.05. The Bertz CT molecular complexity index is 494. The number of nitrogen functional groups attached to an aromatic ring is 1. The van der Waals surface area contributed by atoms with E-state index in [-0.39, 0.29) is 0 Å². The van der Waals surface area contributed by atoms with Crippen molar-refractivity contribution >= 4 is 5.69 Å². The highest BCUT2D eigenvalue weighted by Crippen LogP contribution is 2.21. The normalized spacial score (nSPS) is 12.3. The maximum atomic E-state index is 6.05. The van der Waals surface area contributed by atoms with Crippen LogP contribution in [0, 0.1) is 0 Å². The minimum Gasteiger partial charge on any atom is -0.399 e. The minimum absolute atomic E-state index is 0.325. The van der Waals surface area contributed by atoms with Gasteiger partial charge in [0.05, 0.1) is 0 Å². The van der Waals surface area contributed by atoms with E-state index in [1.165, 1.54) is 11.1 Å². The monoisotopic (exact) mass is 254 g/mol. The van der Waals surface area contributed by atoms with Crippen LogP contribution < -0.4 is 11.1 Å². The zero-order valence-corrected chi connectivity index (χ0v) is 11.5. The summed E-state index contributed by atoms with van der Waals surface area (Å²) in [6.45, 7) is 3.21. The van der Waals surface area contributed by atoms with Gasteiger partial charge in [-0.2, -0.15) is 0 Å². The van der Waals surface area contributed by atoms with Crippen LogP contribution in [-0.2, 0) is 6.42 Å². The fourth-order valence-electron chi connectivity index (χ4n) is 2.25. The van der Waals surface area contributed by atoms with E-state index in [2.05, 4.69) is 48.6 Å². The third-order valence-corrected chi connectivity index (χ3v) is 3.32. The van der Waals surface area contributed by atoms with Gasteiger partial charge in [-0.1, -0.05) is 55.5 Å². The molecule has 0 heterocycles. The van der Waals surface area contributed by atoms with Gasteiger partial charge in [0.2, 0.25) is 0 Å². The molecular formula is C17H22N2. The van der Waals surface area contributed by atoms with Crippen molar-refractivity contribution in [2.75, 3.05) is 12.3 Å². The van der Waals surface area contributed by atoms with E-state index in [1.54, 1.807) is 0 Å². The molecule has 0 saturated heterocycles. The Hall–Kier alpha value is -1.80. The van der Waals surface area contributed by atoms with E-state index in [0.29, 0.717) is 6.04 Å². The topological polar surface area (TPSA) is 38.0 Å². The Morgan fingerprint density at radius 2 is 1.68 bits per heavy atom. The lowest BCUT2D eigenvalue weighted by Gasteiger charge is -2.20. The van der Waals surface area contributed by atoms with Crippen molar-refractivity contribution in [3.8, 4) is 0 Å². The maximum Gasteiger partial charge on any atom is 0.0361 e. The molecule has 0 aliphatic rings. The summed E-state index contributed by atoms with van der Waals surface area (Å²) in [6, 6.07) is 19.0. The second-order valence-corrected chi connectivity index (χ2v) is 4.82. The molecule has 2 rings (SSSR count). The summed E-state index contributed by atoms with van der Waals surface area (Å²) in [5.74, 6) is 0. The van der Waals surface area contributed by atoms with Gasteiger partial charge in [-0.25, -0.2) is 0 Å². The van der Waals surface area contributed by atoms with Gasteiger partial charge in [0.15, 0.2) is 0 Å². The van der Waals surface area contributed by atoms with E-state index < -0.39 is 0 Å². The first kappa shape index (κ1) is 13.6. The third kappa shape index (κ3) is 3.83. The van der Waals surface area contributed by atoms with Gasteiger partial charge in [0.1, 0.15) is 0 Å². The SMILES string of the molecule is CCCNC(Cc1ccccc1N)c1ccccc1. The number of benzene rings is 2. The lowest BCUT2D eigenvalue weighted by molar-refractivity contribution is 0.530. The van der Waals surface area contributed by atoms with Gasteiger partial charge in [0.25, 0.3) is 0 Å². The molecule has 1 atom stereocenters. The van der Waals surface area contributed by atoms with Gasteiger partial charge in [0, 0.05) is 11.7 Å². The van der Waals surface area contributed by atoms with Gasteiger partial charge in [-0.05, 0) is 36.6 Å². The summed E-state index contributed by atoms with van der Waals surface area (Å²) in [4.78, 5) is 0. The van der Waals surface area contributed by atoms with Crippen LogP contribution >= 0.6 is 0 Å². The molecule has 1 unspecified atom stereocenters. The van der Waals surface area contributed by atoms with Crippen LogP contribution in [-0.4, -0.2) is 6.54 Å². The number of nitrogens with one attached hydrogen (secondary N) is 1. The summed E-state index contributed by atoms with van der Waals surface area (Å²) in [6.07, 6.45) is 2.06. The highest BCUT2D eigenvalue weighted by molar-refractivity contribution is 5.47. The van der Waals surface area contributed by atoms with Gasteiger partial charge in [-0.15, -0.1) is 0 Å². The van der Waals surface area contributed by atoms with Crippen LogP contribution in [0.5, 0.6) is 0 Å². The molecule has 0 amide bonds. The number of hydrogen-bond acceptors (Lipinski definition) is 2. The Balaban J connectivity index is 2.17. The molecule has 2 nitrogen and oxygen atoms in total. The zero-order valence-electron chi connectivity index (χ0n) is 11.5. The summed E-state index contributed by atoms with van der Waals surface area (Å²) in [7, 11) is 0. The largest absolute Gasteiger partial charge is 0.399 e. The van der Waals surface area contributed by atoms with Gasteiger partial charge in [-0.3, -0.25) is 0 Å². The first-order valence-corrected chi connectivity index (χ1v) is 6.93. The van der Waals surface area contributed by atoms with Crippen molar-refractivity contribution in [1.29, 1.82) is 0 Å². The van der Waals surface area contributed by atoms with Crippen LogP contribution in [0.1, 0.15) is 30.5 Å². The molecule has 0 saturated carbocycles. The lowest BCUT2D eigenvalue weighted by atomic mass is 9.98. The summed E-state index contributed by atoms with van der Waals surface area (Å²) >= 11 is 0. The second kappa shape index (κ2) is 6.95. The molecule has 0 spiro atoms. The second-order valence-electron chi connectivity index (χ2n) is 4.82. The Labute approximate surface area is 115 Å². The molecule has 2 aromatic rings. The smallest absolute Gasteiger partial charge is 0.0361 e. The van der Waals surface area contributed by atoms with Crippen LogP contribution in [0.3, 0.4) is 0 Å².